The monoisotopic (exact) mass is 620 g/mol. The van der Waals surface area contributed by atoms with E-state index in [9.17, 15) is 24.0 Å². The molecule has 12 heteroatoms. The highest BCUT2D eigenvalue weighted by Gasteiger charge is 2.24. The van der Waals surface area contributed by atoms with Gasteiger partial charge in [0.15, 0.2) is 0 Å². The lowest BCUT2D eigenvalue weighted by Crippen LogP contribution is -2.41. The molecular formula is C33H40N4O8. The van der Waals surface area contributed by atoms with Crippen LogP contribution < -0.4 is 10.6 Å². The highest BCUT2D eigenvalue weighted by molar-refractivity contribution is 6.07. The van der Waals surface area contributed by atoms with Crippen LogP contribution in [0.2, 0.25) is 0 Å². The predicted octanol–water partition coefficient (Wildman–Crippen LogP) is 4.27. The predicted molar refractivity (Wildman–Crippen MR) is 168 cm³/mol. The topological polar surface area (TPSA) is 164 Å². The number of nitrogens with zero attached hydrogens (tertiary/aromatic N) is 2. The number of carbonyl (C=O) groups is 5. The summed E-state index contributed by atoms with van der Waals surface area (Å²) >= 11 is 0. The van der Waals surface area contributed by atoms with Crippen molar-refractivity contribution in [3.8, 4) is 11.1 Å². The number of rotatable bonds is 13. The molecule has 0 atom stereocenters. The second kappa shape index (κ2) is 15.6. The molecule has 1 heterocycles. The Balaban J connectivity index is 1.61. The number of amides is 3. The fourth-order valence-electron chi connectivity index (χ4n) is 4.19. The van der Waals surface area contributed by atoms with Crippen LogP contribution in [0, 0.1) is 5.92 Å². The summed E-state index contributed by atoms with van der Waals surface area (Å²) in [7, 11) is 0. The van der Waals surface area contributed by atoms with Gasteiger partial charge in [0.1, 0.15) is 18.7 Å². The Morgan fingerprint density at radius 2 is 1.62 bits per heavy atom. The smallest absolute Gasteiger partial charge is 0.410 e. The van der Waals surface area contributed by atoms with Crippen molar-refractivity contribution in [2.45, 2.75) is 46.6 Å². The number of benzene rings is 2. The van der Waals surface area contributed by atoms with Crippen LogP contribution in [0.15, 0.2) is 54.7 Å². The molecule has 0 aliphatic heterocycles. The van der Waals surface area contributed by atoms with E-state index >= 15 is 0 Å². The zero-order valence-electron chi connectivity index (χ0n) is 26.2. The Morgan fingerprint density at radius 1 is 0.933 bits per heavy atom. The Labute approximate surface area is 262 Å². The van der Waals surface area contributed by atoms with E-state index in [0.29, 0.717) is 28.5 Å². The fraction of sp³-hybridized carbons (Fsp3) is 0.394. The first-order valence-corrected chi connectivity index (χ1v) is 14.6. The van der Waals surface area contributed by atoms with E-state index in [1.165, 1.54) is 17.2 Å². The number of pyridine rings is 1. The second-order valence-corrected chi connectivity index (χ2v) is 11.8. The summed E-state index contributed by atoms with van der Waals surface area (Å²) in [5.74, 6) is -2.33. The third kappa shape index (κ3) is 10.9. The Hall–Kier alpha value is -5.00. The van der Waals surface area contributed by atoms with Crippen LogP contribution in [0.25, 0.3) is 22.0 Å². The molecular weight excluding hydrogens is 580 g/mol. The summed E-state index contributed by atoms with van der Waals surface area (Å²) in [6.07, 6.45) is 1.24. The van der Waals surface area contributed by atoms with Gasteiger partial charge in [-0.15, -0.1) is 0 Å². The first kappa shape index (κ1) is 34.5. The first-order valence-electron chi connectivity index (χ1n) is 14.6. The van der Waals surface area contributed by atoms with E-state index in [4.69, 9.17) is 14.6 Å². The summed E-state index contributed by atoms with van der Waals surface area (Å²) in [4.78, 5) is 66.7. The highest BCUT2D eigenvalue weighted by atomic mass is 16.6. The zero-order chi connectivity index (χ0) is 33.1. The molecule has 0 fully saturated rings. The molecule has 3 amide bonds. The number of carboxylic acid groups (broad SMARTS) is 1. The summed E-state index contributed by atoms with van der Waals surface area (Å²) < 4.78 is 10.6. The van der Waals surface area contributed by atoms with Gasteiger partial charge < -0.3 is 25.2 Å². The van der Waals surface area contributed by atoms with Gasteiger partial charge in [0.05, 0.1) is 17.7 Å². The van der Waals surface area contributed by atoms with E-state index in [0.717, 1.165) is 11.1 Å². The number of nitrogens with one attached hydrogen (secondary N) is 2. The van der Waals surface area contributed by atoms with Gasteiger partial charge in [-0.3, -0.25) is 29.1 Å². The molecule has 240 valence electrons. The SMILES string of the molecule is CC(C)COC(=O)CN(CCCNC(=O)c1ccc(-c2ccc3nccc(C(=O)NCC(=O)O)c3c2)cc1)C(=O)OC(C)(C)C. The maximum atomic E-state index is 12.8. The van der Waals surface area contributed by atoms with Crippen molar-refractivity contribution in [3.05, 3.63) is 65.9 Å². The third-order valence-corrected chi connectivity index (χ3v) is 6.31. The molecule has 3 aromatic rings. The van der Waals surface area contributed by atoms with Gasteiger partial charge >= 0.3 is 18.0 Å². The average molecular weight is 621 g/mol. The Morgan fingerprint density at radius 3 is 2.27 bits per heavy atom. The standard InChI is InChI=1S/C33H40N4O8/c1-21(2)20-44-29(40)19-37(32(43)45-33(3,4)5)16-6-14-35-30(41)23-9-7-22(8-10-23)24-11-12-27-26(17-24)25(13-15-34-27)31(42)36-18-28(38)39/h7-13,15,17,21H,6,14,16,18-20H2,1-5H3,(H,35,41)(H,36,42)(H,38,39). The molecule has 0 saturated heterocycles. The lowest BCUT2D eigenvalue weighted by molar-refractivity contribution is -0.146. The minimum absolute atomic E-state index is 0.163. The summed E-state index contributed by atoms with van der Waals surface area (Å²) in [6, 6.07) is 13.9. The molecule has 0 aliphatic carbocycles. The number of carbonyl (C=O) groups excluding carboxylic acids is 4. The average Bonchev–Trinajstić information content (AvgIpc) is 2.98. The number of hydrogen-bond donors (Lipinski definition) is 3. The van der Waals surface area contributed by atoms with Crippen LogP contribution >= 0.6 is 0 Å². The quantitative estimate of drug-likeness (QED) is 0.187. The Kier molecular flexibility index (Phi) is 12.0. The van der Waals surface area contributed by atoms with Crippen molar-refractivity contribution in [2.75, 3.05) is 32.8 Å². The number of esters is 1. The summed E-state index contributed by atoms with van der Waals surface area (Å²) in [5.41, 5.74) is 2.15. The van der Waals surface area contributed by atoms with E-state index < -0.39 is 36.1 Å². The maximum Gasteiger partial charge on any atom is 0.410 e. The molecule has 12 nitrogen and oxygen atoms in total. The molecule has 1 aromatic heterocycles. The molecule has 3 rings (SSSR count). The van der Waals surface area contributed by atoms with Gasteiger partial charge in [-0.1, -0.05) is 32.0 Å². The van der Waals surface area contributed by atoms with Gasteiger partial charge in [-0.05, 0) is 74.6 Å². The molecule has 0 spiro atoms. The number of aromatic nitrogens is 1. The zero-order valence-corrected chi connectivity index (χ0v) is 26.2. The summed E-state index contributed by atoms with van der Waals surface area (Å²) in [5, 5.41) is 14.6. The van der Waals surface area contributed by atoms with E-state index in [2.05, 4.69) is 15.6 Å². The number of hydrogen-bond acceptors (Lipinski definition) is 8. The van der Waals surface area contributed by atoms with E-state index in [-0.39, 0.29) is 38.1 Å². The van der Waals surface area contributed by atoms with E-state index in [1.54, 1.807) is 57.2 Å². The van der Waals surface area contributed by atoms with Crippen LogP contribution in [0.4, 0.5) is 4.79 Å². The molecule has 0 radical (unpaired) electrons. The lowest BCUT2D eigenvalue weighted by Gasteiger charge is -2.27. The number of ether oxygens (including phenoxy) is 2. The molecule has 0 unspecified atom stereocenters. The molecule has 2 aromatic carbocycles. The minimum Gasteiger partial charge on any atom is -0.480 e. The lowest BCUT2D eigenvalue weighted by atomic mass is 9.99. The van der Waals surface area contributed by atoms with Crippen molar-refractivity contribution in [2.24, 2.45) is 5.92 Å². The molecule has 45 heavy (non-hydrogen) atoms. The van der Waals surface area contributed by atoms with Gasteiger partial charge in [0.2, 0.25) is 0 Å². The second-order valence-electron chi connectivity index (χ2n) is 11.8. The number of carboxylic acids is 1. The third-order valence-electron chi connectivity index (χ3n) is 6.31. The molecule has 0 aliphatic rings. The van der Waals surface area contributed by atoms with Crippen molar-refractivity contribution in [1.29, 1.82) is 0 Å². The summed E-state index contributed by atoms with van der Waals surface area (Å²) in [6.45, 7) is 8.99. The minimum atomic E-state index is -1.14. The van der Waals surface area contributed by atoms with Gasteiger partial charge in [0.25, 0.3) is 11.8 Å². The number of aliphatic carboxylic acids is 1. The fourth-order valence-corrected chi connectivity index (χ4v) is 4.19. The van der Waals surface area contributed by atoms with Crippen molar-refractivity contribution in [1.82, 2.24) is 20.5 Å². The van der Waals surface area contributed by atoms with Crippen LogP contribution in [0.1, 0.15) is 61.8 Å². The van der Waals surface area contributed by atoms with Crippen LogP contribution in [-0.2, 0) is 19.1 Å². The number of fused-ring (bicyclic) bond motifs is 1. The largest absolute Gasteiger partial charge is 0.480 e. The molecule has 0 saturated carbocycles. The van der Waals surface area contributed by atoms with Gasteiger partial charge in [-0.2, -0.15) is 0 Å². The Bertz CT molecular complexity index is 1530. The van der Waals surface area contributed by atoms with Crippen molar-refractivity contribution >= 4 is 40.7 Å². The van der Waals surface area contributed by atoms with E-state index in [1.807, 2.05) is 19.9 Å². The normalized spacial score (nSPS) is 11.2. The van der Waals surface area contributed by atoms with Crippen molar-refractivity contribution in [3.63, 3.8) is 0 Å². The molecule has 3 N–H and O–H groups in total. The van der Waals surface area contributed by atoms with Gasteiger partial charge in [-0.25, -0.2) is 4.79 Å². The molecule has 0 bridgehead atoms. The van der Waals surface area contributed by atoms with Crippen molar-refractivity contribution < 1.29 is 38.6 Å². The highest BCUT2D eigenvalue weighted by Crippen LogP contribution is 2.26. The van der Waals surface area contributed by atoms with Crippen LogP contribution in [0.3, 0.4) is 0 Å². The maximum absolute atomic E-state index is 12.8. The van der Waals surface area contributed by atoms with Crippen LogP contribution in [0.5, 0.6) is 0 Å². The first-order chi connectivity index (χ1) is 21.2. The van der Waals surface area contributed by atoms with Crippen LogP contribution in [-0.4, -0.2) is 83.2 Å². The van der Waals surface area contributed by atoms with Gasteiger partial charge in [0, 0.05) is 30.2 Å².